The van der Waals surface area contributed by atoms with Crippen LogP contribution >= 0.6 is 0 Å². The molecule has 0 saturated carbocycles. The number of hydrogen-bond acceptors (Lipinski definition) is 5. The van der Waals surface area contributed by atoms with Gasteiger partial charge in [-0.2, -0.15) is 0 Å². The van der Waals surface area contributed by atoms with Gasteiger partial charge in [0.25, 0.3) is 5.91 Å². The maximum Gasteiger partial charge on any atom is 0.325 e. The van der Waals surface area contributed by atoms with Gasteiger partial charge in [-0.15, -0.1) is 0 Å². The van der Waals surface area contributed by atoms with Gasteiger partial charge >= 0.3 is 6.03 Å². The van der Waals surface area contributed by atoms with E-state index in [1.54, 1.807) is 24.4 Å². The van der Waals surface area contributed by atoms with Gasteiger partial charge in [0, 0.05) is 12.6 Å². The van der Waals surface area contributed by atoms with E-state index >= 15 is 0 Å². The monoisotopic (exact) mass is 342 g/mol. The molecule has 0 unspecified atom stereocenters. The number of rotatable bonds is 7. The zero-order chi connectivity index (χ0) is 17.6. The smallest absolute Gasteiger partial charge is 0.325 e. The molecular weight excluding hydrogens is 324 g/mol. The van der Waals surface area contributed by atoms with E-state index in [0.717, 1.165) is 10.6 Å². The highest BCUT2D eigenvalue weighted by Gasteiger charge is 2.38. The molecular formula is C17H18N4O4. The Balaban J connectivity index is 1.46. The fourth-order valence-electron chi connectivity index (χ4n) is 2.54. The number of nitrogens with zero attached hydrogens (tertiary/aromatic N) is 2. The van der Waals surface area contributed by atoms with Crippen LogP contribution in [0, 0.1) is 0 Å². The Labute approximate surface area is 144 Å². The van der Waals surface area contributed by atoms with E-state index in [1.807, 2.05) is 12.1 Å². The molecule has 1 fully saturated rings. The van der Waals surface area contributed by atoms with Crippen LogP contribution in [-0.4, -0.2) is 33.8 Å². The minimum absolute atomic E-state index is 0.0834. The number of carbonyl (C=O) groups is 3. The number of nitrogens with one attached hydrogen (secondary N) is 2. The van der Waals surface area contributed by atoms with Gasteiger partial charge in [0.2, 0.25) is 5.91 Å². The van der Waals surface area contributed by atoms with Crippen molar-refractivity contribution in [1.29, 1.82) is 0 Å². The van der Waals surface area contributed by atoms with Gasteiger partial charge in [0.1, 0.15) is 11.8 Å². The zero-order valence-electron chi connectivity index (χ0n) is 13.5. The predicted molar refractivity (Wildman–Crippen MR) is 86.9 cm³/mol. The van der Waals surface area contributed by atoms with Crippen molar-refractivity contribution in [2.24, 2.45) is 0 Å². The second-order valence-corrected chi connectivity index (χ2v) is 5.64. The van der Waals surface area contributed by atoms with Crippen molar-refractivity contribution >= 4 is 17.8 Å². The molecule has 1 saturated heterocycles. The molecule has 25 heavy (non-hydrogen) atoms. The summed E-state index contributed by atoms with van der Waals surface area (Å²) in [6.07, 6.45) is 3.52. The van der Waals surface area contributed by atoms with Crippen molar-refractivity contribution in [1.82, 2.24) is 20.5 Å². The van der Waals surface area contributed by atoms with Gasteiger partial charge < -0.3 is 15.1 Å². The van der Waals surface area contributed by atoms with Crippen molar-refractivity contribution in [3.8, 4) is 0 Å². The quantitative estimate of drug-likeness (QED) is 0.736. The minimum atomic E-state index is -0.692. The predicted octanol–water partition coefficient (Wildman–Crippen LogP) is 1.19. The van der Waals surface area contributed by atoms with E-state index in [2.05, 4.69) is 15.6 Å². The average molecular weight is 342 g/mol. The molecule has 0 aliphatic carbocycles. The van der Waals surface area contributed by atoms with Crippen LogP contribution < -0.4 is 10.6 Å². The van der Waals surface area contributed by atoms with Gasteiger partial charge in [-0.3, -0.25) is 19.5 Å². The lowest BCUT2D eigenvalue weighted by molar-refractivity contribution is -0.128. The first-order valence-corrected chi connectivity index (χ1v) is 7.94. The number of hydrogen-bond donors (Lipinski definition) is 2. The standard InChI is InChI=1S/C17H18N4O4/c22-15(19-10-12-4-1-2-8-18-12)7-6-14-16(23)21(17(24)20-14)11-13-5-3-9-25-13/h1-5,8-9,14H,6-7,10-11H2,(H,19,22)(H,20,24)/t14-/m1/s1. The van der Waals surface area contributed by atoms with Crippen molar-refractivity contribution < 1.29 is 18.8 Å². The summed E-state index contributed by atoms with van der Waals surface area (Å²) in [5.41, 5.74) is 0.755. The van der Waals surface area contributed by atoms with Gasteiger partial charge in [-0.05, 0) is 30.7 Å². The Morgan fingerprint density at radius 3 is 2.88 bits per heavy atom. The molecule has 1 aliphatic rings. The number of urea groups is 1. The lowest BCUT2D eigenvalue weighted by Gasteiger charge is -2.11. The van der Waals surface area contributed by atoms with Crippen molar-refractivity contribution in [3.05, 3.63) is 54.2 Å². The van der Waals surface area contributed by atoms with Crippen LogP contribution in [0.4, 0.5) is 4.79 Å². The molecule has 0 aromatic carbocycles. The molecule has 8 heteroatoms. The van der Waals surface area contributed by atoms with Gasteiger partial charge in [-0.1, -0.05) is 6.07 Å². The number of aromatic nitrogens is 1. The van der Waals surface area contributed by atoms with Gasteiger partial charge in [-0.25, -0.2) is 4.79 Å². The third-order valence-corrected chi connectivity index (χ3v) is 3.85. The molecule has 3 rings (SSSR count). The summed E-state index contributed by atoms with van der Waals surface area (Å²) < 4.78 is 5.16. The van der Waals surface area contributed by atoms with Crippen LogP contribution in [0.5, 0.6) is 0 Å². The molecule has 2 aromatic rings. The Morgan fingerprint density at radius 2 is 2.16 bits per heavy atom. The summed E-state index contributed by atoms with van der Waals surface area (Å²) in [7, 11) is 0. The molecule has 0 bridgehead atoms. The van der Waals surface area contributed by atoms with Crippen LogP contribution in [0.3, 0.4) is 0 Å². The first-order valence-electron chi connectivity index (χ1n) is 7.94. The van der Waals surface area contributed by atoms with Crippen molar-refractivity contribution in [2.45, 2.75) is 32.0 Å². The topological polar surface area (TPSA) is 105 Å². The van der Waals surface area contributed by atoms with Crippen LogP contribution in [0.25, 0.3) is 0 Å². The largest absolute Gasteiger partial charge is 0.467 e. The Bertz CT molecular complexity index is 745. The van der Waals surface area contributed by atoms with E-state index in [0.29, 0.717) is 12.3 Å². The first-order chi connectivity index (χ1) is 12.1. The molecule has 1 atom stereocenters. The Morgan fingerprint density at radius 1 is 1.28 bits per heavy atom. The normalized spacial score (nSPS) is 16.8. The van der Waals surface area contributed by atoms with Crippen molar-refractivity contribution in [2.75, 3.05) is 0 Å². The lowest BCUT2D eigenvalue weighted by Crippen LogP contribution is -2.32. The second-order valence-electron chi connectivity index (χ2n) is 5.64. The van der Waals surface area contributed by atoms with Crippen LogP contribution in [-0.2, 0) is 22.7 Å². The van der Waals surface area contributed by atoms with Crippen LogP contribution in [0.2, 0.25) is 0 Å². The summed E-state index contributed by atoms with van der Waals surface area (Å²) in [5.74, 6) is -0.0200. The first kappa shape index (κ1) is 16.7. The SMILES string of the molecule is O=C(CC[C@H]1NC(=O)N(Cc2ccco2)C1=O)NCc1ccccn1. The number of furan rings is 1. The summed E-state index contributed by atoms with van der Waals surface area (Å²) >= 11 is 0. The maximum atomic E-state index is 12.3. The number of imide groups is 1. The summed E-state index contributed by atoms with van der Waals surface area (Å²) in [4.78, 5) is 41.3. The zero-order valence-corrected chi connectivity index (χ0v) is 13.5. The molecule has 130 valence electrons. The highest BCUT2D eigenvalue weighted by molar-refractivity contribution is 6.04. The van der Waals surface area contributed by atoms with Gasteiger partial charge in [0.15, 0.2) is 0 Å². The molecule has 2 aromatic heterocycles. The molecule has 4 amide bonds. The molecule has 2 N–H and O–H groups in total. The fraction of sp³-hybridized carbons (Fsp3) is 0.294. The molecule has 1 aliphatic heterocycles. The molecule has 8 nitrogen and oxygen atoms in total. The van der Waals surface area contributed by atoms with Crippen molar-refractivity contribution in [3.63, 3.8) is 0 Å². The number of carbonyl (C=O) groups excluding carboxylic acids is 3. The fourth-order valence-corrected chi connectivity index (χ4v) is 2.54. The summed E-state index contributed by atoms with van der Waals surface area (Å²) in [6.45, 7) is 0.412. The van der Waals surface area contributed by atoms with E-state index in [4.69, 9.17) is 4.42 Å². The van der Waals surface area contributed by atoms with Crippen LogP contribution in [0.1, 0.15) is 24.3 Å². The van der Waals surface area contributed by atoms with Crippen LogP contribution in [0.15, 0.2) is 47.2 Å². The van der Waals surface area contributed by atoms with E-state index in [1.165, 1.54) is 6.26 Å². The molecule has 0 spiro atoms. The number of amides is 4. The number of pyridine rings is 1. The third-order valence-electron chi connectivity index (χ3n) is 3.85. The summed E-state index contributed by atoms with van der Waals surface area (Å²) in [5, 5.41) is 5.34. The Hall–Kier alpha value is -3.16. The second kappa shape index (κ2) is 7.61. The van der Waals surface area contributed by atoms with E-state index < -0.39 is 12.1 Å². The highest BCUT2D eigenvalue weighted by atomic mass is 16.3. The highest BCUT2D eigenvalue weighted by Crippen LogP contribution is 2.15. The van der Waals surface area contributed by atoms with Gasteiger partial charge in [0.05, 0.1) is 25.0 Å². The average Bonchev–Trinajstić information content (AvgIpc) is 3.23. The minimum Gasteiger partial charge on any atom is -0.467 e. The Kier molecular flexibility index (Phi) is 5.08. The lowest BCUT2D eigenvalue weighted by atomic mass is 10.1. The van der Waals surface area contributed by atoms with E-state index in [9.17, 15) is 14.4 Å². The molecule has 3 heterocycles. The van der Waals surface area contributed by atoms with E-state index in [-0.39, 0.29) is 31.2 Å². The third kappa shape index (κ3) is 4.23. The molecule has 0 radical (unpaired) electrons. The summed E-state index contributed by atoms with van der Waals surface area (Å²) in [6, 6.07) is 7.68. The maximum absolute atomic E-state index is 12.3.